The van der Waals surface area contributed by atoms with E-state index in [9.17, 15) is 5.11 Å². The summed E-state index contributed by atoms with van der Waals surface area (Å²) in [5.74, 6) is 0. The molecule has 2 aliphatic rings. The predicted octanol–water partition coefficient (Wildman–Crippen LogP) is 2.94. The van der Waals surface area contributed by atoms with Crippen LogP contribution in [0.15, 0.2) is 0 Å². The van der Waals surface area contributed by atoms with Gasteiger partial charge in [0, 0.05) is 11.1 Å². The molecule has 1 saturated carbocycles. The second-order valence-electron chi connectivity index (χ2n) is 6.40. The van der Waals surface area contributed by atoms with Crippen molar-refractivity contribution in [3.05, 3.63) is 0 Å². The van der Waals surface area contributed by atoms with E-state index in [1.807, 2.05) is 0 Å². The average molecular weight is 225 g/mol. The Morgan fingerprint density at radius 3 is 2.31 bits per heavy atom. The lowest BCUT2D eigenvalue weighted by Gasteiger charge is -2.58. The minimum absolute atomic E-state index is 0.0871. The molecule has 2 fully saturated rings. The van der Waals surface area contributed by atoms with Crippen molar-refractivity contribution in [3.8, 4) is 0 Å². The molecule has 1 heterocycles. The molecule has 1 saturated heterocycles. The van der Waals surface area contributed by atoms with Gasteiger partial charge < -0.3 is 5.11 Å². The quantitative estimate of drug-likeness (QED) is 0.741. The van der Waals surface area contributed by atoms with Gasteiger partial charge in [-0.25, -0.2) is 0 Å². The number of hydrogen-bond donors (Lipinski definition) is 1. The Labute approximate surface area is 100 Å². The van der Waals surface area contributed by atoms with Gasteiger partial charge in [0.25, 0.3) is 0 Å². The molecule has 16 heavy (non-hydrogen) atoms. The van der Waals surface area contributed by atoms with Crippen LogP contribution >= 0.6 is 0 Å². The van der Waals surface area contributed by atoms with Crippen LogP contribution < -0.4 is 0 Å². The second kappa shape index (κ2) is 4.30. The minimum Gasteiger partial charge on any atom is -0.393 e. The molecule has 0 bridgehead atoms. The summed E-state index contributed by atoms with van der Waals surface area (Å²) in [4.78, 5) is 2.69. The van der Waals surface area contributed by atoms with E-state index in [0.717, 1.165) is 19.4 Å². The lowest BCUT2D eigenvalue weighted by atomic mass is 9.69. The van der Waals surface area contributed by atoms with E-state index in [0.29, 0.717) is 5.54 Å². The molecule has 0 aromatic heterocycles. The number of aliphatic hydroxyl groups is 1. The number of rotatable bonds is 1. The van der Waals surface area contributed by atoms with Crippen LogP contribution in [0.2, 0.25) is 0 Å². The van der Waals surface area contributed by atoms with Gasteiger partial charge in [0.15, 0.2) is 0 Å². The summed E-state index contributed by atoms with van der Waals surface area (Å²) < 4.78 is 0. The summed E-state index contributed by atoms with van der Waals surface area (Å²) in [7, 11) is 0. The molecule has 0 aromatic rings. The van der Waals surface area contributed by atoms with E-state index >= 15 is 0 Å². The normalized spacial score (nSPS) is 34.1. The van der Waals surface area contributed by atoms with Crippen LogP contribution in [-0.4, -0.2) is 33.7 Å². The summed E-state index contributed by atoms with van der Waals surface area (Å²) in [6.45, 7) is 8.00. The van der Waals surface area contributed by atoms with Crippen molar-refractivity contribution in [1.82, 2.24) is 4.90 Å². The van der Waals surface area contributed by atoms with Gasteiger partial charge in [0.1, 0.15) is 0 Å². The first kappa shape index (κ1) is 12.4. The maximum atomic E-state index is 10.1. The van der Waals surface area contributed by atoms with Crippen molar-refractivity contribution >= 4 is 0 Å². The Balaban J connectivity index is 2.25. The van der Waals surface area contributed by atoms with E-state index in [-0.39, 0.29) is 11.6 Å². The van der Waals surface area contributed by atoms with Crippen molar-refractivity contribution in [3.63, 3.8) is 0 Å². The molecule has 1 spiro atoms. The standard InChI is InChI=1S/C14H27NO/c1-4-15-13(2,3)10-12(16)11-14(15)8-6-5-7-9-14/h12,16H,4-11H2,1-3H3. The number of piperidine rings is 1. The van der Waals surface area contributed by atoms with Crippen LogP contribution in [-0.2, 0) is 0 Å². The summed E-state index contributed by atoms with van der Waals surface area (Å²) in [5, 5.41) is 10.1. The molecule has 0 aromatic carbocycles. The molecule has 1 unspecified atom stereocenters. The van der Waals surface area contributed by atoms with Gasteiger partial charge in [-0.15, -0.1) is 0 Å². The highest BCUT2D eigenvalue weighted by Gasteiger charge is 2.49. The smallest absolute Gasteiger partial charge is 0.0575 e. The molecule has 2 rings (SSSR count). The third-order valence-electron chi connectivity index (χ3n) is 4.75. The van der Waals surface area contributed by atoms with E-state index in [2.05, 4.69) is 25.7 Å². The van der Waals surface area contributed by atoms with E-state index in [1.165, 1.54) is 32.1 Å². The number of likely N-dealkylation sites (tertiary alicyclic amines) is 1. The summed E-state index contributed by atoms with van der Waals surface area (Å²) in [6.07, 6.45) is 8.51. The van der Waals surface area contributed by atoms with Crippen LogP contribution in [0.25, 0.3) is 0 Å². The maximum absolute atomic E-state index is 10.1. The minimum atomic E-state index is -0.0871. The zero-order chi connectivity index (χ0) is 11.8. The Morgan fingerprint density at radius 2 is 1.75 bits per heavy atom. The summed E-state index contributed by atoms with van der Waals surface area (Å²) in [5.41, 5.74) is 0.484. The third-order valence-corrected chi connectivity index (χ3v) is 4.75. The Kier molecular flexibility index (Phi) is 3.33. The zero-order valence-electron chi connectivity index (χ0n) is 11.1. The fourth-order valence-electron chi connectivity index (χ4n) is 4.40. The topological polar surface area (TPSA) is 23.5 Å². The number of aliphatic hydroxyl groups excluding tert-OH is 1. The van der Waals surface area contributed by atoms with E-state index in [4.69, 9.17) is 0 Å². The van der Waals surface area contributed by atoms with Crippen molar-refractivity contribution in [2.24, 2.45) is 0 Å². The highest BCUT2D eigenvalue weighted by molar-refractivity contribution is 5.05. The molecule has 0 amide bonds. The van der Waals surface area contributed by atoms with Crippen LogP contribution in [0.4, 0.5) is 0 Å². The van der Waals surface area contributed by atoms with Gasteiger partial charge >= 0.3 is 0 Å². The van der Waals surface area contributed by atoms with E-state index < -0.39 is 0 Å². The molecule has 2 heteroatoms. The molecule has 1 atom stereocenters. The van der Waals surface area contributed by atoms with Gasteiger partial charge in [-0.1, -0.05) is 26.2 Å². The lowest BCUT2D eigenvalue weighted by Crippen LogP contribution is -2.64. The van der Waals surface area contributed by atoms with E-state index in [1.54, 1.807) is 0 Å². The largest absolute Gasteiger partial charge is 0.393 e. The SMILES string of the molecule is CCN1C(C)(C)CC(O)CC12CCCCC2. The fourth-order valence-corrected chi connectivity index (χ4v) is 4.40. The van der Waals surface area contributed by atoms with Gasteiger partial charge in [0.2, 0.25) is 0 Å². The van der Waals surface area contributed by atoms with Gasteiger partial charge in [-0.3, -0.25) is 4.90 Å². The predicted molar refractivity (Wildman–Crippen MR) is 67.5 cm³/mol. The molecule has 0 radical (unpaired) electrons. The molecular formula is C14H27NO. The number of nitrogens with zero attached hydrogens (tertiary/aromatic N) is 1. The number of hydrogen-bond acceptors (Lipinski definition) is 2. The maximum Gasteiger partial charge on any atom is 0.0575 e. The Morgan fingerprint density at radius 1 is 1.12 bits per heavy atom. The zero-order valence-corrected chi connectivity index (χ0v) is 11.1. The van der Waals surface area contributed by atoms with Crippen LogP contribution in [0.1, 0.15) is 65.7 Å². The molecule has 1 aliphatic carbocycles. The van der Waals surface area contributed by atoms with Crippen molar-refractivity contribution in [2.45, 2.75) is 82.9 Å². The first-order valence-corrected chi connectivity index (χ1v) is 6.96. The highest BCUT2D eigenvalue weighted by atomic mass is 16.3. The lowest BCUT2D eigenvalue weighted by molar-refractivity contribution is -0.108. The molecular weight excluding hydrogens is 198 g/mol. The average Bonchev–Trinajstić information content (AvgIpc) is 2.16. The van der Waals surface area contributed by atoms with Gasteiger partial charge in [-0.05, 0) is 46.1 Å². The molecule has 1 N–H and O–H groups in total. The molecule has 94 valence electrons. The van der Waals surface area contributed by atoms with Gasteiger partial charge in [0.05, 0.1) is 6.10 Å². The third kappa shape index (κ3) is 2.02. The first-order chi connectivity index (χ1) is 7.50. The van der Waals surface area contributed by atoms with Crippen molar-refractivity contribution in [1.29, 1.82) is 0 Å². The van der Waals surface area contributed by atoms with Crippen molar-refractivity contribution in [2.75, 3.05) is 6.54 Å². The van der Waals surface area contributed by atoms with Crippen LogP contribution in [0, 0.1) is 0 Å². The van der Waals surface area contributed by atoms with Crippen LogP contribution in [0.3, 0.4) is 0 Å². The monoisotopic (exact) mass is 225 g/mol. The van der Waals surface area contributed by atoms with Gasteiger partial charge in [-0.2, -0.15) is 0 Å². The second-order valence-corrected chi connectivity index (χ2v) is 6.40. The Hall–Kier alpha value is -0.0800. The molecule has 2 nitrogen and oxygen atoms in total. The first-order valence-electron chi connectivity index (χ1n) is 6.96. The fraction of sp³-hybridized carbons (Fsp3) is 1.00. The summed E-state index contributed by atoms with van der Waals surface area (Å²) >= 11 is 0. The Bertz CT molecular complexity index is 243. The van der Waals surface area contributed by atoms with Crippen molar-refractivity contribution < 1.29 is 5.11 Å². The highest BCUT2D eigenvalue weighted by Crippen LogP contribution is 2.46. The van der Waals surface area contributed by atoms with Crippen LogP contribution in [0.5, 0.6) is 0 Å². The molecule has 1 aliphatic heterocycles. The summed E-state index contributed by atoms with van der Waals surface area (Å²) in [6, 6.07) is 0.